The van der Waals surface area contributed by atoms with Gasteiger partial charge >= 0.3 is 0 Å². The van der Waals surface area contributed by atoms with Crippen LogP contribution in [0.1, 0.15) is 31.4 Å². The van der Waals surface area contributed by atoms with Gasteiger partial charge in [0.1, 0.15) is 17.3 Å². The average molecular weight is 410 g/mol. The molecule has 6 heteroatoms. The fraction of sp³-hybridized carbons (Fsp3) is 0.333. The molecule has 0 N–H and O–H groups in total. The maximum Gasteiger partial charge on any atom is 0.282 e. The summed E-state index contributed by atoms with van der Waals surface area (Å²) in [6.45, 7) is 7.47. The Morgan fingerprint density at radius 1 is 0.900 bits per heavy atom. The fourth-order valence-corrected chi connectivity index (χ4v) is 4.52. The lowest BCUT2D eigenvalue weighted by Crippen LogP contribution is -2.42. The van der Waals surface area contributed by atoms with Crippen LogP contribution in [0.4, 0.5) is 14.5 Å². The van der Waals surface area contributed by atoms with Crippen LogP contribution in [0.25, 0.3) is 5.57 Å². The number of carbonyl (C=O) groups is 2. The number of halogens is 2. The Kier molecular flexibility index (Phi) is 5.18. The Morgan fingerprint density at radius 3 is 2.13 bits per heavy atom. The highest BCUT2D eigenvalue weighted by Crippen LogP contribution is 2.38. The number of hydrogen-bond acceptors (Lipinski definition) is 3. The molecule has 0 radical (unpaired) electrons. The minimum Gasteiger partial charge on any atom is -0.366 e. The van der Waals surface area contributed by atoms with Gasteiger partial charge in [-0.2, -0.15) is 0 Å². The number of piperidine rings is 1. The quantitative estimate of drug-likeness (QED) is 0.698. The van der Waals surface area contributed by atoms with E-state index in [1.54, 1.807) is 12.1 Å². The predicted molar refractivity (Wildman–Crippen MR) is 111 cm³/mol. The lowest BCUT2D eigenvalue weighted by molar-refractivity contribution is -0.121. The van der Waals surface area contributed by atoms with Gasteiger partial charge in [0, 0.05) is 19.2 Å². The number of hydrogen-bond donors (Lipinski definition) is 0. The molecule has 2 aromatic rings. The molecule has 2 atom stereocenters. The second-order valence-corrected chi connectivity index (χ2v) is 8.48. The number of amides is 2. The molecule has 4 nitrogen and oxygen atoms in total. The molecule has 30 heavy (non-hydrogen) atoms. The largest absolute Gasteiger partial charge is 0.366 e. The van der Waals surface area contributed by atoms with Crippen LogP contribution < -0.4 is 4.90 Å². The molecule has 0 spiro atoms. The van der Waals surface area contributed by atoms with Crippen molar-refractivity contribution in [2.24, 2.45) is 11.8 Å². The predicted octanol–water partition coefficient (Wildman–Crippen LogP) is 4.54. The van der Waals surface area contributed by atoms with E-state index in [-0.39, 0.29) is 11.3 Å². The van der Waals surface area contributed by atoms with Crippen molar-refractivity contribution in [2.75, 3.05) is 18.0 Å². The van der Waals surface area contributed by atoms with E-state index in [1.807, 2.05) is 24.0 Å². The van der Waals surface area contributed by atoms with Gasteiger partial charge in [0.05, 0.1) is 11.3 Å². The molecule has 2 aliphatic rings. The van der Waals surface area contributed by atoms with Gasteiger partial charge in [-0.05, 0) is 42.9 Å². The van der Waals surface area contributed by atoms with Crippen molar-refractivity contribution in [2.45, 2.75) is 27.2 Å². The Hall–Kier alpha value is -3.02. The lowest BCUT2D eigenvalue weighted by atomic mass is 9.91. The van der Waals surface area contributed by atoms with Crippen LogP contribution in [0.3, 0.4) is 0 Å². The minimum absolute atomic E-state index is 0.232. The molecule has 0 aromatic heterocycles. The first-order valence-corrected chi connectivity index (χ1v) is 10.2. The number of nitrogens with zero attached hydrogens (tertiary/aromatic N) is 2. The summed E-state index contributed by atoms with van der Waals surface area (Å²) in [6, 6.07) is 10.2. The van der Waals surface area contributed by atoms with Gasteiger partial charge in [0.2, 0.25) is 0 Å². The average Bonchev–Trinajstić information content (AvgIpc) is 2.92. The first-order valence-electron chi connectivity index (χ1n) is 10.2. The number of benzene rings is 2. The number of rotatable bonds is 3. The zero-order chi connectivity index (χ0) is 21.6. The molecule has 156 valence electrons. The molecule has 0 bridgehead atoms. The highest BCUT2D eigenvalue weighted by molar-refractivity contribution is 6.45. The normalized spacial score (nSPS) is 22.3. The third-order valence-corrected chi connectivity index (χ3v) is 5.74. The molecular weight excluding hydrogens is 386 g/mol. The summed E-state index contributed by atoms with van der Waals surface area (Å²) in [5.41, 5.74) is 1.98. The first-order chi connectivity index (χ1) is 14.3. The third kappa shape index (κ3) is 3.51. The Balaban J connectivity index is 1.85. The molecule has 2 unspecified atom stereocenters. The second kappa shape index (κ2) is 7.67. The topological polar surface area (TPSA) is 40.6 Å². The van der Waals surface area contributed by atoms with Gasteiger partial charge in [0.25, 0.3) is 11.8 Å². The summed E-state index contributed by atoms with van der Waals surface area (Å²) in [6.07, 6.45) is 1.04. The van der Waals surface area contributed by atoms with E-state index in [1.165, 1.54) is 0 Å². The van der Waals surface area contributed by atoms with E-state index in [2.05, 4.69) is 13.8 Å². The van der Waals surface area contributed by atoms with Crippen LogP contribution in [0.15, 0.2) is 48.2 Å². The standard InChI is InChI=1S/C24H24F2N2O2/c1-14-4-6-17(7-5-14)21-22(27-12-15(2)10-16(3)13-27)24(30)28(23(21)29)20-9-8-18(25)11-19(20)26/h4-9,11,15-16H,10,12-13H2,1-3H3. The molecule has 1 saturated heterocycles. The minimum atomic E-state index is -0.943. The summed E-state index contributed by atoms with van der Waals surface area (Å²) < 4.78 is 27.9. The van der Waals surface area contributed by atoms with E-state index < -0.39 is 23.4 Å². The van der Waals surface area contributed by atoms with E-state index in [9.17, 15) is 18.4 Å². The maximum atomic E-state index is 14.5. The van der Waals surface area contributed by atoms with Crippen LogP contribution in [-0.2, 0) is 9.59 Å². The van der Waals surface area contributed by atoms with Gasteiger partial charge in [-0.25, -0.2) is 13.7 Å². The van der Waals surface area contributed by atoms with Gasteiger partial charge in [-0.1, -0.05) is 43.7 Å². The van der Waals surface area contributed by atoms with Gasteiger partial charge in [-0.15, -0.1) is 0 Å². The second-order valence-electron chi connectivity index (χ2n) is 8.48. The highest BCUT2D eigenvalue weighted by atomic mass is 19.1. The summed E-state index contributed by atoms with van der Waals surface area (Å²) in [4.78, 5) is 29.7. The number of likely N-dealkylation sites (tertiary alicyclic amines) is 1. The van der Waals surface area contributed by atoms with E-state index in [0.717, 1.165) is 29.0 Å². The summed E-state index contributed by atoms with van der Waals surface area (Å²) in [5.74, 6) is -2.14. The third-order valence-electron chi connectivity index (χ3n) is 5.74. The molecule has 2 aliphatic heterocycles. The Morgan fingerprint density at radius 2 is 1.53 bits per heavy atom. The van der Waals surface area contributed by atoms with Crippen molar-refractivity contribution in [3.8, 4) is 0 Å². The molecule has 2 heterocycles. The first kappa shape index (κ1) is 20.3. The highest BCUT2D eigenvalue weighted by Gasteiger charge is 2.44. The van der Waals surface area contributed by atoms with Gasteiger partial charge in [0.15, 0.2) is 0 Å². The monoisotopic (exact) mass is 410 g/mol. The van der Waals surface area contributed by atoms with Gasteiger partial charge in [-0.3, -0.25) is 9.59 Å². The van der Waals surface area contributed by atoms with Crippen LogP contribution in [0, 0.1) is 30.4 Å². The van der Waals surface area contributed by atoms with E-state index >= 15 is 0 Å². The van der Waals surface area contributed by atoms with Crippen LogP contribution >= 0.6 is 0 Å². The molecule has 1 fully saturated rings. The van der Waals surface area contributed by atoms with Crippen molar-refractivity contribution in [1.29, 1.82) is 0 Å². The smallest absolute Gasteiger partial charge is 0.282 e. The molecule has 2 amide bonds. The number of carbonyl (C=O) groups excluding carboxylic acids is 2. The number of imide groups is 1. The molecular formula is C24H24F2N2O2. The molecule has 0 saturated carbocycles. The fourth-order valence-electron chi connectivity index (χ4n) is 4.52. The Bertz CT molecular complexity index is 1040. The van der Waals surface area contributed by atoms with Crippen molar-refractivity contribution >= 4 is 23.1 Å². The molecule has 0 aliphatic carbocycles. The maximum absolute atomic E-state index is 14.5. The molecule has 4 rings (SSSR count). The number of aryl methyl sites for hydroxylation is 1. The van der Waals surface area contributed by atoms with Gasteiger partial charge < -0.3 is 4.90 Å². The van der Waals surface area contributed by atoms with Crippen LogP contribution in [0.5, 0.6) is 0 Å². The van der Waals surface area contributed by atoms with E-state index in [0.29, 0.717) is 42.3 Å². The van der Waals surface area contributed by atoms with Crippen molar-refractivity contribution in [1.82, 2.24) is 4.90 Å². The summed E-state index contributed by atoms with van der Waals surface area (Å²) >= 11 is 0. The van der Waals surface area contributed by atoms with Crippen LogP contribution in [-0.4, -0.2) is 29.8 Å². The lowest BCUT2D eigenvalue weighted by Gasteiger charge is -2.37. The summed E-state index contributed by atoms with van der Waals surface area (Å²) in [5, 5.41) is 0. The summed E-state index contributed by atoms with van der Waals surface area (Å²) in [7, 11) is 0. The zero-order valence-electron chi connectivity index (χ0n) is 17.3. The Labute approximate surface area is 174 Å². The number of anilines is 1. The van der Waals surface area contributed by atoms with Crippen molar-refractivity contribution < 1.29 is 18.4 Å². The van der Waals surface area contributed by atoms with Crippen molar-refractivity contribution in [3.63, 3.8) is 0 Å². The zero-order valence-corrected chi connectivity index (χ0v) is 17.3. The molecule has 2 aromatic carbocycles. The van der Waals surface area contributed by atoms with Crippen LogP contribution in [0.2, 0.25) is 0 Å². The van der Waals surface area contributed by atoms with E-state index in [4.69, 9.17) is 0 Å². The SMILES string of the molecule is Cc1ccc(C2=C(N3CC(C)CC(C)C3)C(=O)N(c3ccc(F)cc3F)C2=O)cc1. The van der Waals surface area contributed by atoms with Crippen molar-refractivity contribution in [3.05, 3.63) is 70.9 Å².